The molecule has 0 aliphatic carbocycles. The van der Waals surface area contributed by atoms with E-state index in [1.165, 1.54) is 27.5 Å². The first-order chi connectivity index (χ1) is 11.4. The Balaban J connectivity index is 1.79. The average molecular weight is 415 g/mol. The van der Waals surface area contributed by atoms with E-state index >= 15 is 0 Å². The lowest BCUT2D eigenvalue weighted by molar-refractivity contribution is -0.148. The Morgan fingerprint density at radius 1 is 1.54 bits per heavy atom. The third-order valence-corrected chi connectivity index (χ3v) is 5.96. The molecule has 0 spiro atoms. The number of β-lactam (4-membered cyclic amide) rings is 1. The third-order valence-electron chi connectivity index (χ3n) is 3.96. The highest BCUT2D eigenvalue weighted by Crippen LogP contribution is 2.40. The summed E-state index contributed by atoms with van der Waals surface area (Å²) in [6.07, 6.45) is 1.53. The number of aryl methyl sites for hydroxylation is 1. The summed E-state index contributed by atoms with van der Waals surface area (Å²) < 4.78 is 2.07. The highest BCUT2D eigenvalue weighted by atomic mass is 79.9. The first-order valence-electron chi connectivity index (χ1n) is 7.26. The van der Waals surface area contributed by atoms with Crippen LogP contribution in [0.4, 0.5) is 0 Å². The smallest absolute Gasteiger partial charge is 0.352 e. The van der Waals surface area contributed by atoms with Gasteiger partial charge in [0.15, 0.2) is 0 Å². The van der Waals surface area contributed by atoms with Gasteiger partial charge in [0, 0.05) is 12.3 Å². The fourth-order valence-electron chi connectivity index (χ4n) is 2.81. The van der Waals surface area contributed by atoms with E-state index in [4.69, 9.17) is 0 Å². The topological polar surface area (TPSA) is 105 Å². The molecule has 2 atom stereocenters. The summed E-state index contributed by atoms with van der Waals surface area (Å²) in [5.74, 6) is -1.43. The predicted molar refractivity (Wildman–Crippen MR) is 90.3 cm³/mol. The Labute approximate surface area is 150 Å². The summed E-state index contributed by atoms with van der Waals surface area (Å²) in [5, 5.41) is 15.7. The molecule has 2 amide bonds. The van der Waals surface area contributed by atoms with Crippen molar-refractivity contribution in [3.63, 3.8) is 0 Å². The lowest BCUT2D eigenvalue weighted by Crippen LogP contribution is -2.70. The molecular formula is C14H15BrN4O4S. The number of thioether (sulfide) groups is 1. The number of rotatable bonds is 4. The van der Waals surface area contributed by atoms with Gasteiger partial charge in [0.2, 0.25) is 0 Å². The van der Waals surface area contributed by atoms with Crippen LogP contribution in [-0.4, -0.2) is 54.7 Å². The summed E-state index contributed by atoms with van der Waals surface area (Å²) >= 11 is 4.72. The summed E-state index contributed by atoms with van der Waals surface area (Å²) in [6, 6.07) is -0.739. The van der Waals surface area contributed by atoms with Gasteiger partial charge >= 0.3 is 5.97 Å². The van der Waals surface area contributed by atoms with Crippen molar-refractivity contribution in [1.29, 1.82) is 0 Å². The molecule has 0 saturated carbocycles. The van der Waals surface area contributed by atoms with Crippen molar-refractivity contribution in [1.82, 2.24) is 20.0 Å². The molecule has 1 saturated heterocycles. The van der Waals surface area contributed by atoms with Crippen molar-refractivity contribution in [2.24, 2.45) is 0 Å². The number of nitrogens with one attached hydrogen (secondary N) is 1. The van der Waals surface area contributed by atoms with E-state index in [9.17, 15) is 19.5 Å². The molecule has 1 aromatic rings. The van der Waals surface area contributed by atoms with Crippen LogP contribution >= 0.6 is 27.7 Å². The third kappa shape index (κ3) is 2.53. The number of amides is 2. The zero-order chi connectivity index (χ0) is 17.6. The number of carboxylic acids is 1. The number of carbonyl (C=O) groups is 3. The van der Waals surface area contributed by atoms with Crippen LogP contribution < -0.4 is 5.32 Å². The molecule has 1 fully saturated rings. The van der Waals surface area contributed by atoms with E-state index in [0.717, 1.165) is 0 Å². The second kappa shape index (κ2) is 6.25. The maximum absolute atomic E-state index is 12.5. The maximum atomic E-state index is 12.5. The van der Waals surface area contributed by atoms with Gasteiger partial charge in [-0.05, 0) is 35.4 Å². The minimum Gasteiger partial charge on any atom is -0.477 e. The Morgan fingerprint density at radius 2 is 2.25 bits per heavy atom. The summed E-state index contributed by atoms with van der Waals surface area (Å²) in [6.45, 7) is 4.07. The van der Waals surface area contributed by atoms with E-state index in [1.807, 2.05) is 6.92 Å². The molecule has 128 valence electrons. The lowest BCUT2D eigenvalue weighted by Gasteiger charge is -2.49. The SMILES string of the molecule is CCn1ncc(Br)c1C(=O)N[C@H]1C(=O)N2C(C(=O)O)=C(C)CS[C@@H]12. The molecule has 2 N–H and O–H groups in total. The lowest BCUT2D eigenvalue weighted by atomic mass is 10.0. The molecule has 0 bridgehead atoms. The predicted octanol–water partition coefficient (Wildman–Crippen LogP) is 1.04. The van der Waals surface area contributed by atoms with Crippen molar-refractivity contribution < 1.29 is 19.5 Å². The molecule has 1 aromatic heterocycles. The Morgan fingerprint density at radius 3 is 2.88 bits per heavy atom. The van der Waals surface area contributed by atoms with Crippen LogP contribution in [0.5, 0.6) is 0 Å². The minimum absolute atomic E-state index is 0.0222. The molecule has 3 heterocycles. The van der Waals surface area contributed by atoms with E-state index in [1.54, 1.807) is 6.92 Å². The van der Waals surface area contributed by atoms with E-state index in [2.05, 4.69) is 26.3 Å². The Hall–Kier alpha value is -1.81. The second-order valence-electron chi connectivity index (χ2n) is 5.45. The number of aliphatic carboxylic acids is 1. The Bertz CT molecular complexity index is 775. The van der Waals surface area contributed by atoms with Gasteiger partial charge in [-0.15, -0.1) is 11.8 Å². The first-order valence-corrected chi connectivity index (χ1v) is 9.10. The van der Waals surface area contributed by atoms with Gasteiger partial charge < -0.3 is 10.4 Å². The molecule has 2 aliphatic heterocycles. The number of hydrogen-bond acceptors (Lipinski definition) is 5. The van der Waals surface area contributed by atoms with Gasteiger partial charge in [0.05, 0.1) is 10.7 Å². The monoisotopic (exact) mass is 414 g/mol. The number of carbonyl (C=O) groups excluding carboxylic acids is 2. The van der Waals surface area contributed by atoms with Crippen LogP contribution in [0.15, 0.2) is 21.9 Å². The van der Waals surface area contributed by atoms with Gasteiger partial charge in [0.25, 0.3) is 11.8 Å². The van der Waals surface area contributed by atoms with E-state index in [-0.39, 0.29) is 5.70 Å². The molecule has 0 radical (unpaired) electrons. The summed E-state index contributed by atoms with van der Waals surface area (Å²) in [7, 11) is 0. The van der Waals surface area contributed by atoms with Crippen molar-refractivity contribution in [3.8, 4) is 0 Å². The fourth-order valence-corrected chi connectivity index (χ4v) is 4.58. The largest absolute Gasteiger partial charge is 0.477 e. The van der Waals surface area contributed by atoms with Crippen LogP contribution in [0.3, 0.4) is 0 Å². The minimum atomic E-state index is -1.12. The fraction of sp³-hybridized carbons (Fsp3) is 0.429. The molecule has 2 aliphatic rings. The van der Waals surface area contributed by atoms with E-state index < -0.39 is 29.2 Å². The molecular weight excluding hydrogens is 400 g/mol. The summed E-state index contributed by atoms with van der Waals surface area (Å²) in [4.78, 5) is 37.5. The van der Waals surface area contributed by atoms with Gasteiger partial charge in [-0.25, -0.2) is 4.79 Å². The van der Waals surface area contributed by atoms with E-state index in [0.29, 0.717) is 28.0 Å². The number of halogens is 1. The van der Waals surface area contributed by atoms with Crippen LogP contribution in [0, 0.1) is 0 Å². The number of aromatic nitrogens is 2. The number of nitrogens with zero attached hydrogens (tertiary/aromatic N) is 3. The quantitative estimate of drug-likeness (QED) is 0.713. The molecule has 0 aromatic carbocycles. The van der Waals surface area contributed by atoms with Gasteiger partial charge in [-0.1, -0.05) is 0 Å². The van der Waals surface area contributed by atoms with Crippen molar-refractivity contribution in [2.45, 2.75) is 31.8 Å². The Kier molecular flexibility index (Phi) is 4.43. The maximum Gasteiger partial charge on any atom is 0.352 e. The molecule has 0 unspecified atom stereocenters. The van der Waals surface area contributed by atoms with Crippen LogP contribution in [0.2, 0.25) is 0 Å². The average Bonchev–Trinajstić information content (AvgIpc) is 2.92. The molecule has 8 nitrogen and oxygen atoms in total. The number of hydrogen-bond donors (Lipinski definition) is 2. The normalized spacial score (nSPS) is 23.0. The van der Waals surface area contributed by atoms with Gasteiger partial charge in [-0.2, -0.15) is 5.10 Å². The number of fused-ring (bicyclic) bond motifs is 1. The van der Waals surface area contributed by atoms with Crippen LogP contribution in [0.1, 0.15) is 24.3 Å². The number of carboxylic acid groups (broad SMARTS) is 1. The van der Waals surface area contributed by atoms with Crippen molar-refractivity contribution in [2.75, 3.05) is 5.75 Å². The summed E-state index contributed by atoms with van der Waals surface area (Å²) in [5.41, 5.74) is 1.01. The molecule has 24 heavy (non-hydrogen) atoms. The standard InChI is InChI=1S/C14H15BrN4O4S/c1-3-18-10(7(15)4-16-18)11(20)17-8-12(21)19-9(14(22)23)6(2)5-24-13(8)19/h4,8,13H,3,5H2,1-2H3,(H,17,20)(H,22,23)/t8-,13-/m0/s1. The first kappa shape index (κ1) is 17.0. The molecule has 10 heteroatoms. The zero-order valence-corrected chi connectivity index (χ0v) is 15.3. The highest BCUT2D eigenvalue weighted by Gasteiger charge is 2.53. The zero-order valence-electron chi connectivity index (χ0n) is 12.9. The van der Waals surface area contributed by atoms with Gasteiger partial charge in [-0.3, -0.25) is 19.2 Å². The van der Waals surface area contributed by atoms with Gasteiger partial charge in [0.1, 0.15) is 22.8 Å². The van der Waals surface area contributed by atoms with Crippen molar-refractivity contribution in [3.05, 3.63) is 27.6 Å². The second-order valence-corrected chi connectivity index (χ2v) is 7.41. The van der Waals surface area contributed by atoms with Crippen LogP contribution in [0.25, 0.3) is 0 Å². The van der Waals surface area contributed by atoms with Crippen LogP contribution in [-0.2, 0) is 16.1 Å². The highest BCUT2D eigenvalue weighted by molar-refractivity contribution is 9.10. The van der Waals surface area contributed by atoms with Crippen molar-refractivity contribution >= 4 is 45.5 Å². The molecule has 3 rings (SSSR count).